The van der Waals surface area contributed by atoms with Crippen LogP contribution in [0.3, 0.4) is 0 Å². The zero-order valence-electron chi connectivity index (χ0n) is 12.6. The molecule has 0 unspecified atom stereocenters. The standard InChI is InChI=1S/C17H15F2N3O2/c18-17(19)24-12-7-5-11(6-8-12)9-10-20-16(23)15-13-3-1-2-4-14(13)21-22-15/h1-8,17H,9-10H2,(H,20,23)(H,21,22). The van der Waals surface area contributed by atoms with Crippen molar-refractivity contribution in [3.63, 3.8) is 0 Å². The number of para-hydroxylation sites is 1. The molecule has 0 saturated heterocycles. The van der Waals surface area contributed by atoms with Gasteiger partial charge in [-0.25, -0.2) is 0 Å². The highest BCUT2D eigenvalue weighted by Crippen LogP contribution is 2.16. The van der Waals surface area contributed by atoms with Crippen LogP contribution in [-0.4, -0.2) is 29.3 Å². The molecule has 0 fully saturated rings. The number of benzene rings is 2. The van der Waals surface area contributed by atoms with E-state index in [0.717, 1.165) is 16.5 Å². The fraction of sp³-hybridized carbons (Fsp3) is 0.176. The molecule has 3 rings (SSSR count). The van der Waals surface area contributed by atoms with Crippen molar-refractivity contribution in [1.29, 1.82) is 0 Å². The molecule has 1 heterocycles. The van der Waals surface area contributed by atoms with Crippen LogP contribution in [-0.2, 0) is 6.42 Å². The fourth-order valence-electron chi connectivity index (χ4n) is 2.38. The number of ether oxygens (including phenoxy) is 1. The first-order chi connectivity index (χ1) is 11.6. The molecule has 5 nitrogen and oxygen atoms in total. The van der Waals surface area contributed by atoms with E-state index in [1.165, 1.54) is 12.1 Å². The van der Waals surface area contributed by atoms with E-state index in [4.69, 9.17) is 0 Å². The van der Waals surface area contributed by atoms with Gasteiger partial charge in [0.05, 0.1) is 5.52 Å². The molecule has 3 aromatic rings. The number of H-pyrrole nitrogens is 1. The van der Waals surface area contributed by atoms with Crippen LogP contribution in [0.2, 0.25) is 0 Å². The van der Waals surface area contributed by atoms with E-state index >= 15 is 0 Å². The van der Waals surface area contributed by atoms with E-state index in [1.54, 1.807) is 12.1 Å². The maximum Gasteiger partial charge on any atom is 0.387 e. The van der Waals surface area contributed by atoms with Gasteiger partial charge in [0, 0.05) is 11.9 Å². The summed E-state index contributed by atoms with van der Waals surface area (Å²) < 4.78 is 28.4. The summed E-state index contributed by atoms with van der Waals surface area (Å²) >= 11 is 0. The molecule has 0 bridgehead atoms. The minimum absolute atomic E-state index is 0.112. The van der Waals surface area contributed by atoms with Gasteiger partial charge < -0.3 is 10.1 Å². The zero-order valence-corrected chi connectivity index (χ0v) is 12.6. The van der Waals surface area contributed by atoms with E-state index in [9.17, 15) is 13.6 Å². The van der Waals surface area contributed by atoms with Crippen molar-refractivity contribution in [3.05, 3.63) is 59.8 Å². The van der Waals surface area contributed by atoms with Crippen molar-refractivity contribution in [2.75, 3.05) is 6.54 Å². The average molecular weight is 331 g/mol. The van der Waals surface area contributed by atoms with Gasteiger partial charge in [-0.05, 0) is 30.2 Å². The molecule has 1 amide bonds. The fourth-order valence-corrected chi connectivity index (χ4v) is 2.38. The Labute approximate surface area is 136 Å². The first-order valence-corrected chi connectivity index (χ1v) is 7.38. The Bertz CT molecular complexity index is 831. The van der Waals surface area contributed by atoms with Crippen LogP contribution in [0, 0.1) is 0 Å². The van der Waals surface area contributed by atoms with E-state index in [1.807, 2.05) is 24.3 Å². The second kappa shape index (κ2) is 7.08. The number of nitrogens with one attached hydrogen (secondary N) is 2. The van der Waals surface area contributed by atoms with Crippen LogP contribution in [0.1, 0.15) is 16.1 Å². The van der Waals surface area contributed by atoms with E-state index < -0.39 is 6.61 Å². The Kier molecular flexibility index (Phi) is 4.69. The van der Waals surface area contributed by atoms with Crippen LogP contribution < -0.4 is 10.1 Å². The summed E-state index contributed by atoms with van der Waals surface area (Å²) in [6, 6.07) is 13.7. The normalized spacial score (nSPS) is 11.0. The van der Waals surface area contributed by atoms with Crippen molar-refractivity contribution in [1.82, 2.24) is 15.5 Å². The highest BCUT2D eigenvalue weighted by molar-refractivity contribution is 6.04. The molecule has 0 aliphatic rings. The molecular weight excluding hydrogens is 316 g/mol. The van der Waals surface area contributed by atoms with Gasteiger partial charge in [0.25, 0.3) is 5.91 Å². The predicted molar refractivity (Wildman–Crippen MR) is 85.2 cm³/mol. The van der Waals surface area contributed by atoms with Crippen molar-refractivity contribution >= 4 is 16.8 Å². The Balaban J connectivity index is 1.55. The topological polar surface area (TPSA) is 67.0 Å². The second-order valence-electron chi connectivity index (χ2n) is 5.15. The maximum atomic E-state index is 12.2. The lowest BCUT2D eigenvalue weighted by Gasteiger charge is -2.06. The zero-order chi connectivity index (χ0) is 16.9. The van der Waals surface area contributed by atoms with Crippen molar-refractivity contribution < 1.29 is 18.3 Å². The molecular formula is C17H15F2N3O2. The Morgan fingerprint density at radius 3 is 2.67 bits per heavy atom. The molecule has 0 spiro atoms. The molecule has 2 N–H and O–H groups in total. The summed E-state index contributed by atoms with van der Waals surface area (Å²) in [7, 11) is 0. The van der Waals surface area contributed by atoms with Gasteiger partial charge in [-0.3, -0.25) is 9.89 Å². The lowest BCUT2D eigenvalue weighted by atomic mass is 10.1. The molecule has 7 heteroatoms. The number of carbonyl (C=O) groups excluding carboxylic acids is 1. The molecule has 0 aliphatic heterocycles. The monoisotopic (exact) mass is 331 g/mol. The summed E-state index contributed by atoms with van der Waals surface area (Å²) in [6.07, 6.45) is 0.572. The highest BCUT2D eigenvalue weighted by atomic mass is 19.3. The van der Waals surface area contributed by atoms with Crippen LogP contribution in [0.4, 0.5) is 8.78 Å². The number of halogens is 2. The molecule has 0 atom stereocenters. The number of amides is 1. The number of carbonyl (C=O) groups is 1. The highest BCUT2D eigenvalue weighted by Gasteiger charge is 2.13. The maximum absolute atomic E-state index is 12.2. The third-order valence-electron chi connectivity index (χ3n) is 3.53. The number of hydrogen-bond donors (Lipinski definition) is 2. The second-order valence-corrected chi connectivity index (χ2v) is 5.15. The number of aromatic nitrogens is 2. The van der Waals surface area contributed by atoms with Gasteiger partial charge in [-0.2, -0.15) is 13.9 Å². The quantitative estimate of drug-likeness (QED) is 0.729. The first-order valence-electron chi connectivity index (χ1n) is 7.38. The van der Waals surface area contributed by atoms with Crippen molar-refractivity contribution in [2.24, 2.45) is 0 Å². The smallest absolute Gasteiger partial charge is 0.387 e. The first kappa shape index (κ1) is 15.9. The average Bonchev–Trinajstić information content (AvgIpc) is 3.00. The molecule has 0 saturated carbocycles. The minimum Gasteiger partial charge on any atom is -0.435 e. The SMILES string of the molecule is O=C(NCCc1ccc(OC(F)F)cc1)c1n[nH]c2ccccc12. The lowest BCUT2D eigenvalue weighted by molar-refractivity contribution is -0.0498. The largest absolute Gasteiger partial charge is 0.435 e. The van der Waals surface area contributed by atoms with Crippen LogP contribution in [0.25, 0.3) is 10.9 Å². The van der Waals surface area contributed by atoms with Gasteiger partial charge >= 0.3 is 6.61 Å². The summed E-state index contributed by atoms with van der Waals surface area (Å²) in [5.41, 5.74) is 2.06. The number of alkyl halides is 2. The third kappa shape index (κ3) is 3.68. The number of rotatable bonds is 6. The van der Waals surface area contributed by atoms with Crippen LogP contribution >= 0.6 is 0 Å². The number of nitrogens with zero attached hydrogens (tertiary/aromatic N) is 1. The van der Waals surface area contributed by atoms with E-state index in [0.29, 0.717) is 18.7 Å². The summed E-state index contributed by atoms with van der Waals surface area (Å²) in [4.78, 5) is 12.2. The molecule has 0 radical (unpaired) electrons. The predicted octanol–water partition coefficient (Wildman–Crippen LogP) is 3.14. The third-order valence-corrected chi connectivity index (χ3v) is 3.53. The van der Waals surface area contributed by atoms with E-state index in [-0.39, 0.29) is 11.7 Å². The molecule has 0 aliphatic carbocycles. The molecule has 1 aromatic heterocycles. The molecule has 2 aromatic carbocycles. The van der Waals surface area contributed by atoms with Crippen LogP contribution in [0.15, 0.2) is 48.5 Å². The van der Waals surface area contributed by atoms with Crippen molar-refractivity contribution in [2.45, 2.75) is 13.0 Å². The summed E-state index contributed by atoms with van der Waals surface area (Å²) in [6.45, 7) is -2.42. The number of fused-ring (bicyclic) bond motifs is 1. The molecule has 124 valence electrons. The summed E-state index contributed by atoms with van der Waals surface area (Å²) in [5, 5.41) is 10.4. The Hall–Kier alpha value is -2.96. The Morgan fingerprint density at radius 1 is 1.17 bits per heavy atom. The van der Waals surface area contributed by atoms with Crippen LogP contribution in [0.5, 0.6) is 5.75 Å². The van der Waals surface area contributed by atoms with Crippen molar-refractivity contribution in [3.8, 4) is 5.75 Å². The number of hydrogen-bond acceptors (Lipinski definition) is 3. The van der Waals surface area contributed by atoms with Gasteiger partial charge in [0.15, 0.2) is 5.69 Å². The van der Waals surface area contributed by atoms with Gasteiger partial charge in [-0.15, -0.1) is 0 Å². The molecule has 24 heavy (non-hydrogen) atoms. The minimum atomic E-state index is -2.83. The van der Waals surface area contributed by atoms with Gasteiger partial charge in [0.1, 0.15) is 5.75 Å². The summed E-state index contributed by atoms with van der Waals surface area (Å²) in [5.74, 6) is -0.147. The van der Waals surface area contributed by atoms with E-state index in [2.05, 4.69) is 20.3 Å². The van der Waals surface area contributed by atoms with Gasteiger partial charge in [-0.1, -0.05) is 30.3 Å². The number of aromatic amines is 1. The lowest BCUT2D eigenvalue weighted by Crippen LogP contribution is -2.26. The Morgan fingerprint density at radius 2 is 1.92 bits per heavy atom. The van der Waals surface area contributed by atoms with Gasteiger partial charge in [0.2, 0.25) is 0 Å².